The minimum atomic E-state index is 0.185. The Hall–Kier alpha value is -2.02. The van der Waals surface area contributed by atoms with Gasteiger partial charge in [-0.3, -0.25) is 0 Å². The first kappa shape index (κ1) is 9.53. The van der Waals surface area contributed by atoms with Crippen LogP contribution in [-0.4, -0.2) is 5.11 Å². The molecule has 2 aromatic carbocycles. The summed E-state index contributed by atoms with van der Waals surface area (Å²) in [5, 5.41) is 9.48. The van der Waals surface area contributed by atoms with Crippen LogP contribution in [0.1, 0.15) is 11.1 Å². The van der Waals surface area contributed by atoms with Crippen LogP contribution in [0.3, 0.4) is 0 Å². The van der Waals surface area contributed by atoms with Gasteiger partial charge in [-0.05, 0) is 5.56 Å². The quantitative estimate of drug-likeness (QED) is 0.728. The molecule has 2 aromatic rings. The molecule has 0 unspecified atom stereocenters. The van der Waals surface area contributed by atoms with Crippen LogP contribution in [0.4, 0.5) is 0 Å². The third kappa shape index (κ3) is 2.47. The summed E-state index contributed by atoms with van der Waals surface area (Å²) in [6, 6.07) is 18.1. The van der Waals surface area contributed by atoms with Gasteiger partial charge in [0.2, 0.25) is 0 Å². The van der Waals surface area contributed by atoms with E-state index in [1.165, 1.54) is 0 Å². The van der Waals surface area contributed by atoms with Crippen molar-refractivity contribution in [3.05, 3.63) is 65.7 Å². The topological polar surface area (TPSA) is 20.2 Å². The Kier molecular flexibility index (Phi) is 2.84. The zero-order valence-corrected chi connectivity index (χ0v) is 8.22. The monoisotopic (exact) mass is 195 g/mol. The van der Waals surface area contributed by atoms with Crippen molar-refractivity contribution < 1.29 is 5.11 Å². The molecule has 0 aliphatic rings. The van der Waals surface area contributed by atoms with Crippen LogP contribution < -0.4 is 0 Å². The highest BCUT2D eigenvalue weighted by molar-refractivity contribution is 5.72. The van der Waals surface area contributed by atoms with Gasteiger partial charge in [-0.25, -0.2) is 0 Å². The van der Waals surface area contributed by atoms with E-state index in [1.54, 1.807) is 6.07 Å². The van der Waals surface area contributed by atoms with Crippen LogP contribution in [0.5, 0.6) is 5.75 Å². The van der Waals surface area contributed by atoms with E-state index in [9.17, 15) is 5.11 Å². The van der Waals surface area contributed by atoms with Crippen molar-refractivity contribution in [2.45, 2.75) is 0 Å². The number of hydrogen-bond acceptors (Lipinski definition) is 1. The standard InChI is InChI=1S/C14H11O/c15-14-9-5-4-8-13(14)11-10-12-6-2-1-3-7-12/h1-8,10-11,15H/b11-10+. The van der Waals surface area contributed by atoms with Gasteiger partial charge in [0.15, 0.2) is 0 Å². The zero-order valence-electron chi connectivity index (χ0n) is 8.22. The number of phenols is 1. The maximum absolute atomic E-state index is 9.48. The molecule has 0 bridgehead atoms. The van der Waals surface area contributed by atoms with Crippen molar-refractivity contribution in [3.8, 4) is 5.75 Å². The smallest absolute Gasteiger partial charge is 0.130 e. The predicted octanol–water partition coefficient (Wildman–Crippen LogP) is 3.36. The van der Waals surface area contributed by atoms with E-state index in [4.69, 9.17) is 0 Å². The summed E-state index contributed by atoms with van der Waals surface area (Å²) in [6.45, 7) is 0. The van der Waals surface area contributed by atoms with Gasteiger partial charge in [0, 0.05) is 11.6 Å². The molecule has 0 amide bonds. The highest BCUT2D eigenvalue weighted by atomic mass is 16.3. The van der Waals surface area contributed by atoms with Crippen LogP contribution in [0.2, 0.25) is 0 Å². The van der Waals surface area contributed by atoms with Gasteiger partial charge in [0.25, 0.3) is 0 Å². The summed E-state index contributed by atoms with van der Waals surface area (Å²) >= 11 is 0. The molecule has 0 saturated carbocycles. The van der Waals surface area contributed by atoms with Gasteiger partial charge in [0.1, 0.15) is 5.75 Å². The molecular formula is C14H11O. The molecule has 1 radical (unpaired) electrons. The molecule has 0 aliphatic heterocycles. The number of hydrogen-bond donors (Lipinski definition) is 1. The summed E-state index contributed by atoms with van der Waals surface area (Å²) in [5.74, 6) is 0.185. The molecule has 0 fully saturated rings. The molecule has 2 rings (SSSR count). The molecule has 0 aliphatic carbocycles. The van der Waals surface area contributed by atoms with E-state index in [1.807, 2.05) is 54.6 Å². The van der Waals surface area contributed by atoms with Gasteiger partial charge in [-0.2, -0.15) is 0 Å². The lowest BCUT2D eigenvalue weighted by molar-refractivity contribution is 0.473. The van der Waals surface area contributed by atoms with Crippen LogP contribution >= 0.6 is 0 Å². The third-order valence-electron chi connectivity index (χ3n) is 2.12. The molecule has 0 heterocycles. The minimum absolute atomic E-state index is 0.185. The molecular weight excluding hydrogens is 184 g/mol. The first-order chi connectivity index (χ1) is 7.36. The van der Waals surface area contributed by atoms with E-state index >= 15 is 0 Å². The van der Waals surface area contributed by atoms with Gasteiger partial charge >= 0.3 is 0 Å². The van der Waals surface area contributed by atoms with Crippen molar-refractivity contribution in [1.82, 2.24) is 0 Å². The Bertz CT molecular complexity index is 458. The highest BCUT2D eigenvalue weighted by Gasteiger charge is 1.93. The number of phenolic OH excluding ortho intramolecular Hbond substituents is 1. The lowest BCUT2D eigenvalue weighted by Gasteiger charge is -1.96. The Morgan fingerprint density at radius 1 is 0.933 bits per heavy atom. The van der Waals surface area contributed by atoms with Crippen LogP contribution in [0.15, 0.2) is 48.5 Å². The van der Waals surface area contributed by atoms with Gasteiger partial charge in [-0.1, -0.05) is 60.7 Å². The summed E-state index contributed by atoms with van der Waals surface area (Å²) in [7, 11) is 0. The summed E-state index contributed by atoms with van der Waals surface area (Å²) in [6.07, 6.45) is 3.84. The van der Waals surface area contributed by atoms with E-state index in [2.05, 4.69) is 6.07 Å². The van der Waals surface area contributed by atoms with Crippen molar-refractivity contribution in [3.63, 3.8) is 0 Å². The molecule has 1 heteroatoms. The van der Waals surface area contributed by atoms with Crippen LogP contribution in [0, 0.1) is 6.07 Å². The lowest BCUT2D eigenvalue weighted by Crippen LogP contribution is -1.74. The zero-order chi connectivity index (χ0) is 10.5. The SMILES string of the molecule is Oc1[c]cccc1/C=C/c1ccccc1. The van der Waals surface area contributed by atoms with E-state index in [-0.39, 0.29) is 5.75 Å². The summed E-state index contributed by atoms with van der Waals surface area (Å²) in [5.41, 5.74) is 1.89. The second-order valence-corrected chi connectivity index (χ2v) is 3.22. The second kappa shape index (κ2) is 4.47. The van der Waals surface area contributed by atoms with Crippen LogP contribution in [-0.2, 0) is 0 Å². The maximum Gasteiger partial charge on any atom is 0.130 e. The summed E-state index contributed by atoms with van der Waals surface area (Å²) in [4.78, 5) is 0. The molecule has 73 valence electrons. The molecule has 0 spiro atoms. The number of para-hydroxylation sites is 1. The first-order valence-corrected chi connectivity index (χ1v) is 4.79. The average molecular weight is 195 g/mol. The van der Waals surface area contributed by atoms with E-state index in [0.29, 0.717) is 0 Å². The van der Waals surface area contributed by atoms with E-state index < -0.39 is 0 Å². The fourth-order valence-corrected chi connectivity index (χ4v) is 1.33. The van der Waals surface area contributed by atoms with Crippen molar-refractivity contribution >= 4 is 12.2 Å². The van der Waals surface area contributed by atoms with E-state index in [0.717, 1.165) is 11.1 Å². The lowest BCUT2D eigenvalue weighted by atomic mass is 10.1. The Labute approximate surface area is 89.3 Å². The third-order valence-corrected chi connectivity index (χ3v) is 2.12. The molecule has 0 aromatic heterocycles. The molecule has 0 saturated heterocycles. The number of rotatable bonds is 2. The fraction of sp³-hybridized carbons (Fsp3) is 0. The van der Waals surface area contributed by atoms with Crippen molar-refractivity contribution in [2.75, 3.05) is 0 Å². The Morgan fingerprint density at radius 3 is 2.47 bits per heavy atom. The second-order valence-electron chi connectivity index (χ2n) is 3.22. The minimum Gasteiger partial charge on any atom is -0.507 e. The van der Waals surface area contributed by atoms with Crippen molar-refractivity contribution in [1.29, 1.82) is 0 Å². The Balaban J connectivity index is 2.23. The highest BCUT2D eigenvalue weighted by Crippen LogP contribution is 2.17. The fourth-order valence-electron chi connectivity index (χ4n) is 1.33. The van der Waals surface area contributed by atoms with Crippen LogP contribution in [0.25, 0.3) is 12.2 Å². The maximum atomic E-state index is 9.48. The Morgan fingerprint density at radius 2 is 1.73 bits per heavy atom. The predicted molar refractivity (Wildman–Crippen MR) is 62.3 cm³/mol. The first-order valence-electron chi connectivity index (χ1n) is 4.79. The largest absolute Gasteiger partial charge is 0.507 e. The normalized spacial score (nSPS) is 10.7. The van der Waals surface area contributed by atoms with Gasteiger partial charge in [0.05, 0.1) is 0 Å². The van der Waals surface area contributed by atoms with Crippen molar-refractivity contribution in [2.24, 2.45) is 0 Å². The van der Waals surface area contributed by atoms with Gasteiger partial charge in [-0.15, -0.1) is 0 Å². The summed E-state index contributed by atoms with van der Waals surface area (Å²) < 4.78 is 0. The number of aromatic hydroxyl groups is 1. The average Bonchev–Trinajstić information content (AvgIpc) is 2.29. The molecule has 0 atom stereocenters. The number of benzene rings is 2. The molecule has 1 N–H and O–H groups in total. The van der Waals surface area contributed by atoms with Gasteiger partial charge < -0.3 is 5.11 Å². The molecule has 1 nitrogen and oxygen atoms in total. The molecule has 15 heavy (non-hydrogen) atoms.